The van der Waals surface area contributed by atoms with E-state index in [-0.39, 0.29) is 6.42 Å². The van der Waals surface area contributed by atoms with Crippen molar-refractivity contribution in [3.8, 4) is 0 Å². The zero-order chi connectivity index (χ0) is 22.4. The molecule has 0 bridgehead atoms. The maximum Gasteiger partial charge on any atom is 0.326 e. The van der Waals surface area contributed by atoms with Crippen molar-refractivity contribution in [2.45, 2.75) is 37.4 Å². The summed E-state index contributed by atoms with van der Waals surface area (Å²) in [6, 6.07) is 11.4. The molecule has 1 fully saturated rings. The Balaban J connectivity index is 1.56. The number of carbonyl (C=O) groups is 4. The molecule has 0 aliphatic carbocycles. The van der Waals surface area contributed by atoms with Crippen LogP contribution in [0.15, 0.2) is 54.6 Å². The summed E-state index contributed by atoms with van der Waals surface area (Å²) in [5, 5.41) is 16.8. The van der Waals surface area contributed by atoms with Crippen LogP contribution in [0.25, 0.3) is 0 Å². The standard InChI is InChI=1S/C22H22FN3O5/c23-15-8-4-7-14(9-15)11-18(22(30)31)24-19(27)12-17-21(29)25-16(20(28)26-17)10-13-5-2-1-3-6-13/h1-9,16-18H,10-12H2,(H,24,27)(H,25,29)(H,26,28)(H,30,31)/t16-,17-,18-/m0/s1. The van der Waals surface area contributed by atoms with Crippen LogP contribution in [0.2, 0.25) is 0 Å². The number of carboxylic acids is 1. The fourth-order valence-corrected chi connectivity index (χ4v) is 3.35. The van der Waals surface area contributed by atoms with Crippen LogP contribution in [0.3, 0.4) is 0 Å². The molecule has 0 aromatic heterocycles. The number of rotatable bonds is 8. The molecule has 1 saturated heterocycles. The first-order valence-corrected chi connectivity index (χ1v) is 9.73. The van der Waals surface area contributed by atoms with Gasteiger partial charge >= 0.3 is 5.97 Å². The minimum absolute atomic E-state index is 0.124. The zero-order valence-corrected chi connectivity index (χ0v) is 16.5. The topological polar surface area (TPSA) is 125 Å². The van der Waals surface area contributed by atoms with Crippen LogP contribution in [0.4, 0.5) is 4.39 Å². The van der Waals surface area contributed by atoms with Crippen LogP contribution in [0, 0.1) is 5.82 Å². The Labute approximate surface area is 177 Å². The largest absolute Gasteiger partial charge is 0.480 e. The fourth-order valence-electron chi connectivity index (χ4n) is 3.35. The lowest BCUT2D eigenvalue weighted by molar-refractivity contribution is -0.142. The van der Waals surface area contributed by atoms with Crippen molar-refractivity contribution in [3.05, 3.63) is 71.5 Å². The minimum Gasteiger partial charge on any atom is -0.480 e. The third kappa shape index (κ3) is 6.11. The highest BCUT2D eigenvalue weighted by atomic mass is 19.1. The summed E-state index contributed by atoms with van der Waals surface area (Å²) < 4.78 is 13.3. The summed E-state index contributed by atoms with van der Waals surface area (Å²) in [6.45, 7) is 0. The number of benzene rings is 2. The second kappa shape index (κ2) is 9.84. The van der Waals surface area contributed by atoms with Crippen LogP contribution in [0.1, 0.15) is 17.5 Å². The van der Waals surface area contributed by atoms with E-state index in [1.165, 1.54) is 18.2 Å². The lowest BCUT2D eigenvalue weighted by Gasteiger charge is -2.29. The predicted molar refractivity (Wildman–Crippen MR) is 108 cm³/mol. The fraction of sp³-hybridized carbons (Fsp3) is 0.273. The van der Waals surface area contributed by atoms with Crippen LogP contribution in [-0.4, -0.2) is 46.9 Å². The number of hydrogen-bond acceptors (Lipinski definition) is 4. The molecule has 1 aliphatic rings. The number of nitrogens with one attached hydrogen (secondary N) is 3. The van der Waals surface area contributed by atoms with Crippen LogP contribution in [-0.2, 0) is 32.0 Å². The SMILES string of the molecule is O=C(C[C@@H]1NC(=O)[C@H](Cc2ccccc2)NC1=O)N[C@@H](Cc1cccc(F)c1)C(=O)O. The number of aliphatic carboxylic acids is 1. The highest BCUT2D eigenvalue weighted by molar-refractivity contribution is 5.99. The average molecular weight is 427 g/mol. The molecule has 4 N–H and O–H groups in total. The summed E-state index contributed by atoms with van der Waals surface area (Å²) in [6.07, 6.45) is -0.226. The molecule has 3 rings (SSSR count). The lowest BCUT2D eigenvalue weighted by Crippen LogP contribution is -2.63. The second-order valence-corrected chi connectivity index (χ2v) is 7.31. The summed E-state index contributed by atoms with van der Waals surface area (Å²) in [7, 11) is 0. The normalized spacial score (nSPS) is 19.1. The first kappa shape index (κ1) is 21.9. The van der Waals surface area contributed by atoms with E-state index in [9.17, 15) is 28.7 Å². The molecular weight excluding hydrogens is 405 g/mol. The van der Waals surface area contributed by atoms with Crippen LogP contribution in [0.5, 0.6) is 0 Å². The molecule has 0 radical (unpaired) electrons. The monoisotopic (exact) mass is 427 g/mol. The van der Waals surface area contributed by atoms with Crippen molar-refractivity contribution in [3.63, 3.8) is 0 Å². The maximum absolute atomic E-state index is 13.3. The third-order valence-electron chi connectivity index (χ3n) is 4.90. The van der Waals surface area contributed by atoms with Crippen molar-refractivity contribution in [1.82, 2.24) is 16.0 Å². The van der Waals surface area contributed by atoms with E-state index in [4.69, 9.17) is 0 Å². The number of amides is 3. The molecular formula is C22H22FN3O5. The van der Waals surface area contributed by atoms with Gasteiger partial charge in [-0.25, -0.2) is 9.18 Å². The molecule has 8 nitrogen and oxygen atoms in total. The van der Waals surface area contributed by atoms with Crippen molar-refractivity contribution in [2.75, 3.05) is 0 Å². The smallest absolute Gasteiger partial charge is 0.326 e. The predicted octanol–water partition coefficient (Wildman–Crippen LogP) is 0.554. The van der Waals surface area contributed by atoms with E-state index in [1.54, 1.807) is 6.07 Å². The number of hydrogen-bond donors (Lipinski definition) is 4. The van der Waals surface area contributed by atoms with E-state index in [1.807, 2.05) is 30.3 Å². The van der Waals surface area contributed by atoms with Gasteiger partial charge in [0, 0.05) is 12.8 Å². The van der Waals surface area contributed by atoms with Crippen LogP contribution < -0.4 is 16.0 Å². The highest BCUT2D eigenvalue weighted by Crippen LogP contribution is 2.10. The number of halogens is 1. The van der Waals surface area contributed by atoms with Crippen molar-refractivity contribution >= 4 is 23.7 Å². The van der Waals surface area contributed by atoms with Gasteiger partial charge in [-0.05, 0) is 23.3 Å². The van der Waals surface area contributed by atoms with Gasteiger partial charge < -0.3 is 21.1 Å². The molecule has 1 heterocycles. The van der Waals surface area contributed by atoms with Gasteiger partial charge in [0.05, 0.1) is 6.42 Å². The van der Waals surface area contributed by atoms with Gasteiger partial charge in [0.25, 0.3) is 0 Å². The van der Waals surface area contributed by atoms with E-state index in [0.29, 0.717) is 12.0 Å². The van der Waals surface area contributed by atoms with Gasteiger partial charge in [-0.3, -0.25) is 14.4 Å². The first-order valence-electron chi connectivity index (χ1n) is 9.73. The zero-order valence-electron chi connectivity index (χ0n) is 16.5. The molecule has 31 heavy (non-hydrogen) atoms. The quantitative estimate of drug-likeness (QED) is 0.490. The van der Waals surface area contributed by atoms with E-state index >= 15 is 0 Å². The maximum atomic E-state index is 13.3. The Hall–Kier alpha value is -3.75. The number of carbonyl (C=O) groups excluding carboxylic acids is 3. The molecule has 3 amide bonds. The lowest BCUT2D eigenvalue weighted by atomic mass is 10.0. The molecule has 2 aromatic rings. The average Bonchev–Trinajstić information content (AvgIpc) is 2.72. The van der Waals surface area contributed by atoms with Crippen molar-refractivity contribution in [2.24, 2.45) is 0 Å². The minimum atomic E-state index is -1.30. The van der Waals surface area contributed by atoms with Crippen molar-refractivity contribution < 1.29 is 28.7 Å². The van der Waals surface area contributed by atoms with Gasteiger partial charge in [0.1, 0.15) is 23.9 Å². The summed E-state index contributed by atoms with van der Waals surface area (Å²) in [4.78, 5) is 48.5. The van der Waals surface area contributed by atoms with Gasteiger partial charge in [-0.1, -0.05) is 42.5 Å². The van der Waals surface area contributed by atoms with Gasteiger partial charge in [0.15, 0.2) is 0 Å². The molecule has 1 aliphatic heterocycles. The van der Waals surface area contributed by atoms with Gasteiger partial charge in [-0.2, -0.15) is 0 Å². The Morgan fingerprint density at radius 2 is 1.61 bits per heavy atom. The molecule has 3 atom stereocenters. The molecule has 0 unspecified atom stereocenters. The number of carboxylic acid groups (broad SMARTS) is 1. The summed E-state index contributed by atoms with van der Waals surface area (Å²) in [5.41, 5.74) is 1.28. The Morgan fingerprint density at radius 3 is 2.29 bits per heavy atom. The van der Waals surface area contributed by atoms with Crippen molar-refractivity contribution in [1.29, 1.82) is 0 Å². The summed E-state index contributed by atoms with van der Waals surface area (Å²) >= 11 is 0. The van der Waals surface area contributed by atoms with Gasteiger partial charge in [0.2, 0.25) is 17.7 Å². The molecule has 0 spiro atoms. The Morgan fingerprint density at radius 1 is 0.968 bits per heavy atom. The first-order chi connectivity index (χ1) is 14.8. The Bertz CT molecular complexity index is 982. The summed E-state index contributed by atoms with van der Waals surface area (Å²) in [5.74, 6) is -3.47. The second-order valence-electron chi connectivity index (χ2n) is 7.31. The van der Waals surface area contributed by atoms with E-state index in [2.05, 4.69) is 16.0 Å². The third-order valence-corrected chi connectivity index (χ3v) is 4.90. The molecule has 0 saturated carbocycles. The Kier molecular flexibility index (Phi) is 6.96. The van der Waals surface area contributed by atoms with E-state index in [0.717, 1.165) is 5.56 Å². The van der Waals surface area contributed by atoms with Crippen LogP contribution >= 0.6 is 0 Å². The highest BCUT2D eigenvalue weighted by Gasteiger charge is 2.35. The van der Waals surface area contributed by atoms with Gasteiger partial charge in [-0.15, -0.1) is 0 Å². The molecule has 162 valence electrons. The number of piperazine rings is 1. The molecule has 2 aromatic carbocycles. The van der Waals surface area contributed by atoms with E-state index < -0.39 is 54.1 Å². The molecule has 9 heteroatoms.